The molecule has 0 aliphatic heterocycles. The molecule has 29 heavy (non-hydrogen) atoms. The van der Waals surface area contributed by atoms with Gasteiger partial charge in [0.25, 0.3) is 0 Å². The van der Waals surface area contributed by atoms with Crippen LogP contribution in [0, 0.1) is 0 Å². The van der Waals surface area contributed by atoms with E-state index in [0.29, 0.717) is 11.4 Å². The fourth-order valence-corrected chi connectivity index (χ4v) is 3.51. The van der Waals surface area contributed by atoms with Gasteiger partial charge >= 0.3 is 11.8 Å². The molecule has 3 rings (SSSR count). The average Bonchev–Trinajstić information content (AvgIpc) is 2.73. The van der Waals surface area contributed by atoms with Gasteiger partial charge in [0.2, 0.25) is 5.91 Å². The molecule has 0 saturated heterocycles. The topological polar surface area (TPSA) is 99.7 Å². The van der Waals surface area contributed by atoms with Gasteiger partial charge in [0.05, 0.1) is 6.42 Å². The van der Waals surface area contributed by atoms with Crippen molar-refractivity contribution in [2.45, 2.75) is 51.5 Å². The summed E-state index contributed by atoms with van der Waals surface area (Å²) in [4.78, 5) is 36.3. The molecule has 0 atom stereocenters. The van der Waals surface area contributed by atoms with Crippen LogP contribution >= 0.6 is 0 Å². The summed E-state index contributed by atoms with van der Waals surface area (Å²) >= 11 is 0. The van der Waals surface area contributed by atoms with Gasteiger partial charge in [0, 0.05) is 22.8 Å². The Kier molecular flexibility index (Phi) is 6.94. The van der Waals surface area contributed by atoms with Crippen molar-refractivity contribution in [1.82, 2.24) is 10.7 Å². The lowest BCUT2D eigenvalue weighted by Crippen LogP contribution is -2.37. The minimum atomic E-state index is -0.884. The number of rotatable bonds is 5. The largest absolute Gasteiger partial charge is 0.353 e. The van der Waals surface area contributed by atoms with E-state index in [0.717, 1.165) is 36.5 Å². The fourth-order valence-electron chi connectivity index (χ4n) is 3.51. The molecule has 0 heterocycles. The van der Waals surface area contributed by atoms with Crippen molar-refractivity contribution in [2.75, 3.05) is 5.32 Å². The molecule has 2 aromatic rings. The van der Waals surface area contributed by atoms with Gasteiger partial charge in [-0.15, -0.1) is 0 Å². The summed E-state index contributed by atoms with van der Waals surface area (Å²) < 4.78 is 0. The average molecular weight is 394 g/mol. The minimum Gasteiger partial charge on any atom is -0.353 e. The molecular weight excluding hydrogens is 368 g/mol. The Balaban J connectivity index is 1.50. The van der Waals surface area contributed by atoms with Crippen molar-refractivity contribution in [3.8, 4) is 0 Å². The van der Waals surface area contributed by atoms with Crippen molar-refractivity contribution >= 4 is 39.9 Å². The van der Waals surface area contributed by atoms with E-state index < -0.39 is 11.8 Å². The molecule has 7 nitrogen and oxygen atoms in total. The van der Waals surface area contributed by atoms with Crippen LogP contribution in [0.3, 0.4) is 0 Å². The summed E-state index contributed by atoms with van der Waals surface area (Å²) in [6.45, 7) is 1.64. The van der Waals surface area contributed by atoms with Gasteiger partial charge in [0.1, 0.15) is 0 Å². The Hall–Kier alpha value is -3.22. The quantitative estimate of drug-likeness (QED) is 0.413. The lowest BCUT2D eigenvalue weighted by Gasteiger charge is -2.22. The molecule has 0 bridgehead atoms. The molecule has 3 amide bonds. The van der Waals surface area contributed by atoms with E-state index in [1.165, 1.54) is 6.42 Å². The molecule has 7 heteroatoms. The third kappa shape index (κ3) is 5.88. The molecule has 1 saturated carbocycles. The zero-order chi connectivity index (χ0) is 20.6. The lowest BCUT2D eigenvalue weighted by atomic mass is 9.95. The maximum Gasteiger partial charge on any atom is 0.329 e. The molecular formula is C22H26N4O3. The Morgan fingerprint density at radius 2 is 1.69 bits per heavy atom. The molecule has 2 aromatic carbocycles. The first kappa shape index (κ1) is 20.5. The smallest absolute Gasteiger partial charge is 0.329 e. The number of nitrogens with zero attached hydrogens (tertiary/aromatic N) is 1. The molecule has 1 aliphatic carbocycles. The molecule has 0 unspecified atom stereocenters. The predicted octanol–water partition coefficient (Wildman–Crippen LogP) is 3.11. The number of amides is 3. The van der Waals surface area contributed by atoms with Crippen LogP contribution in [0.2, 0.25) is 0 Å². The molecule has 152 valence electrons. The van der Waals surface area contributed by atoms with Crippen molar-refractivity contribution < 1.29 is 14.4 Å². The van der Waals surface area contributed by atoms with Crippen LogP contribution < -0.4 is 16.1 Å². The molecule has 0 spiro atoms. The number of nitrogens with one attached hydrogen (secondary N) is 3. The third-order valence-corrected chi connectivity index (χ3v) is 4.98. The first-order valence-electron chi connectivity index (χ1n) is 9.94. The number of hydrazone groups is 1. The Labute approximate surface area is 169 Å². The SMILES string of the molecule is C/C(CC(=O)NC1CCCCC1)=N\NC(=O)C(=O)Nc1cccc2ccccc12. The Morgan fingerprint density at radius 3 is 2.48 bits per heavy atom. The van der Waals surface area contributed by atoms with Gasteiger partial charge in [-0.3, -0.25) is 14.4 Å². The van der Waals surface area contributed by atoms with Crippen molar-refractivity contribution in [3.05, 3.63) is 42.5 Å². The standard InChI is InChI=1S/C22H26N4O3/c1-15(14-20(27)23-17-10-3-2-4-11-17)25-26-22(29)21(28)24-19-13-7-9-16-8-5-6-12-18(16)19/h5-9,12-13,17H,2-4,10-11,14H2,1H3,(H,23,27)(H,24,28)(H,26,29)/b25-15+. The van der Waals surface area contributed by atoms with Crippen LogP contribution in [0.25, 0.3) is 10.8 Å². The first-order chi connectivity index (χ1) is 14.0. The number of carbonyl (C=O) groups is 3. The minimum absolute atomic E-state index is 0.0850. The lowest BCUT2D eigenvalue weighted by molar-refractivity contribution is -0.136. The van der Waals surface area contributed by atoms with Crippen molar-refractivity contribution in [1.29, 1.82) is 0 Å². The van der Waals surface area contributed by atoms with Crippen LogP contribution in [-0.4, -0.2) is 29.5 Å². The zero-order valence-electron chi connectivity index (χ0n) is 16.5. The van der Waals surface area contributed by atoms with E-state index in [4.69, 9.17) is 0 Å². The van der Waals surface area contributed by atoms with Crippen LogP contribution in [0.15, 0.2) is 47.6 Å². The zero-order valence-corrected chi connectivity index (χ0v) is 16.5. The highest BCUT2D eigenvalue weighted by atomic mass is 16.2. The monoisotopic (exact) mass is 394 g/mol. The van der Waals surface area contributed by atoms with E-state index >= 15 is 0 Å². The highest BCUT2D eigenvalue weighted by molar-refractivity contribution is 6.40. The van der Waals surface area contributed by atoms with E-state index in [1.807, 2.05) is 36.4 Å². The second-order valence-corrected chi connectivity index (χ2v) is 7.35. The maximum atomic E-state index is 12.2. The molecule has 0 aromatic heterocycles. The highest BCUT2D eigenvalue weighted by Crippen LogP contribution is 2.22. The van der Waals surface area contributed by atoms with E-state index in [9.17, 15) is 14.4 Å². The predicted molar refractivity (Wildman–Crippen MR) is 113 cm³/mol. The van der Waals surface area contributed by atoms with Crippen LogP contribution in [-0.2, 0) is 14.4 Å². The van der Waals surface area contributed by atoms with E-state index in [-0.39, 0.29) is 18.4 Å². The van der Waals surface area contributed by atoms with Gasteiger partial charge in [-0.2, -0.15) is 5.10 Å². The maximum absolute atomic E-state index is 12.2. The highest BCUT2D eigenvalue weighted by Gasteiger charge is 2.17. The third-order valence-electron chi connectivity index (χ3n) is 4.98. The Morgan fingerprint density at radius 1 is 0.966 bits per heavy atom. The molecule has 1 aliphatic rings. The number of anilines is 1. The number of benzene rings is 2. The summed E-state index contributed by atoms with van der Waals surface area (Å²) in [7, 11) is 0. The molecule has 0 radical (unpaired) electrons. The van der Waals surface area contributed by atoms with Crippen LogP contribution in [0.5, 0.6) is 0 Å². The van der Waals surface area contributed by atoms with E-state index in [1.54, 1.807) is 13.0 Å². The fraction of sp³-hybridized carbons (Fsp3) is 0.364. The summed E-state index contributed by atoms with van der Waals surface area (Å²) in [5, 5.41) is 11.3. The summed E-state index contributed by atoms with van der Waals surface area (Å²) in [6, 6.07) is 13.3. The van der Waals surface area contributed by atoms with Crippen molar-refractivity contribution in [3.63, 3.8) is 0 Å². The summed E-state index contributed by atoms with van der Waals surface area (Å²) in [5.74, 6) is -1.82. The second kappa shape index (κ2) is 9.82. The van der Waals surface area contributed by atoms with Gasteiger partial charge in [-0.1, -0.05) is 55.7 Å². The van der Waals surface area contributed by atoms with Crippen molar-refractivity contribution in [2.24, 2.45) is 5.10 Å². The molecule has 1 fully saturated rings. The van der Waals surface area contributed by atoms with E-state index in [2.05, 4.69) is 21.2 Å². The summed E-state index contributed by atoms with van der Waals surface area (Å²) in [5.41, 5.74) is 3.20. The van der Waals surface area contributed by atoms with Crippen LogP contribution in [0.1, 0.15) is 45.4 Å². The van der Waals surface area contributed by atoms with Gasteiger partial charge in [0.15, 0.2) is 0 Å². The number of hydrogen-bond donors (Lipinski definition) is 3. The second-order valence-electron chi connectivity index (χ2n) is 7.35. The number of hydrogen-bond acceptors (Lipinski definition) is 4. The first-order valence-corrected chi connectivity index (χ1v) is 9.94. The van der Waals surface area contributed by atoms with Gasteiger partial charge in [-0.25, -0.2) is 5.43 Å². The van der Waals surface area contributed by atoms with Crippen LogP contribution in [0.4, 0.5) is 5.69 Å². The Bertz CT molecular complexity index is 927. The molecule has 3 N–H and O–H groups in total. The number of fused-ring (bicyclic) bond motifs is 1. The van der Waals surface area contributed by atoms with Gasteiger partial charge < -0.3 is 10.6 Å². The normalized spacial score (nSPS) is 15.0. The van der Waals surface area contributed by atoms with Gasteiger partial charge in [-0.05, 0) is 31.2 Å². The summed E-state index contributed by atoms with van der Waals surface area (Å²) in [6.07, 6.45) is 5.60. The number of carbonyl (C=O) groups excluding carboxylic acids is 3.